The number of piperidine rings is 1. The van der Waals surface area contributed by atoms with Crippen molar-refractivity contribution < 1.29 is 13.9 Å². The van der Waals surface area contributed by atoms with E-state index in [4.69, 9.17) is 9.15 Å². The zero-order chi connectivity index (χ0) is 21.9. The van der Waals surface area contributed by atoms with Crippen molar-refractivity contribution in [2.24, 2.45) is 0 Å². The van der Waals surface area contributed by atoms with Crippen LogP contribution in [-0.2, 0) is 6.42 Å². The van der Waals surface area contributed by atoms with Crippen LogP contribution in [0.2, 0.25) is 0 Å². The Hall–Kier alpha value is -3.67. The summed E-state index contributed by atoms with van der Waals surface area (Å²) in [5.41, 5.74) is 1.52. The van der Waals surface area contributed by atoms with Gasteiger partial charge in [-0.1, -0.05) is 42.5 Å². The summed E-state index contributed by atoms with van der Waals surface area (Å²) in [6.07, 6.45) is 6.86. The zero-order valence-corrected chi connectivity index (χ0v) is 18.0. The van der Waals surface area contributed by atoms with Gasteiger partial charge in [0, 0.05) is 30.1 Å². The van der Waals surface area contributed by atoms with Gasteiger partial charge in [-0.3, -0.25) is 9.78 Å². The molecular weight excluding hydrogens is 402 g/mol. The number of nitrogens with zero attached hydrogens (tertiary/aromatic N) is 3. The molecule has 4 aromatic rings. The first kappa shape index (κ1) is 20.2. The number of ether oxygens (including phenoxy) is 1. The highest BCUT2D eigenvalue weighted by Crippen LogP contribution is 2.33. The lowest BCUT2D eigenvalue weighted by Gasteiger charge is -2.33. The maximum Gasteiger partial charge on any atom is 0.273 e. The highest BCUT2D eigenvalue weighted by atomic mass is 16.5. The highest BCUT2D eigenvalue weighted by Gasteiger charge is 2.33. The van der Waals surface area contributed by atoms with E-state index >= 15 is 0 Å². The fourth-order valence-corrected chi connectivity index (χ4v) is 4.45. The van der Waals surface area contributed by atoms with Crippen molar-refractivity contribution in [2.45, 2.75) is 31.7 Å². The molecule has 1 unspecified atom stereocenters. The topological polar surface area (TPSA) is 68.5 Å². The van der Waals surface area contributed by atoms with E-state index in [9.17, 15) is 4.79 Å². The van der Waals surface area contributed by atoms with E-state index in [1.807, 2.05) is 59.5 Å². The maximum atomic E-state index is 13.6. The predicted molar refractivity (Wildman–Crippen MR) is 122 cm³/mol. The van der Waals surface area contributed by atoms with Gasteiger partial charge in [-0.15, -0.1) is 0 Å². The number of para-hydroxylation sites is 1. The van der Waals surface area contributed by atoms with Gasteiger partial charge in [-0.2, -0.15) is 0 Å². The fourth-order valence-electron chi connectivity index (χ4n) is 4.45. The Morgan fingerprint density at radius 2 is 1.94 bits per heavy atom. The van der Waals surface area contributed by atoms with E-state index in [0.29, 0.717) is 24.6 Å². The number of carbonyl (C=O) groups is 1. The van der Waals surface area contributed by atoms with Crippen molar-refractivity contribution in [3.8, 4) is 5.75 Å². The molecule has 0 spiro atoms. The van der Waals surface area contributed by atoms with Crippen molar-refractivity contribution in [1.82, 2.24) is 14.9 Å². The molecule has 1 fully saturated rings. The summed E-state index contributed by atoms with van der Waals surface area (Å²) in [4.78, 5) is 24.4. The van der Waals surface area contributed by atoms with Gasteiger partial charge >= 0.3 is 0 Å². The van der Waals surface area contributed by atoms with Gasteiger partial charge < -0.3 is 14.1 Å². The third kappa shape index (κ3) is 3.84. The normalized spacial score (nSPS) is 16.3. The van der Waals surface area contributed by atoms with Gasteiger partial charge in [0.25, 0.3) is 5.91 Å². The average molecular weight is 428 g/mol. The van der Waals surface area contributed by atoms with Gasteiger partial charge in [0.2, 0.25) is 5.89 Å². The second-order valence-corrected chi connectivity index (χ2v) is 8.04. The predicted octanol–water partition coefficient (Wildman–Crippen LogP) is 5.19. The number of hydrogen-bond acceptors (Lipinski definition) is 5. The molecule has 1 atom stereocenters. The number of aromatic nitrogens is 2. The van der Waals surface area contributed by atoms with Crippen LogP contribution in [0.5, 0.6) is 5.75 Å². The molecule has 0 bridgehead atoms. The summed E-state index contributed by atoms with van der Waals surface area (Å²) in [6.45, 7) is 0.665. The summed E-state index contributed by atoms with van der Waals surface area (Å²) in [5, 5.41) is 1.88. The summed E-state index contributed by atoms with van der Waals surface area (Å²) < 4.78 is 11.6. The minimum atomic E-state index is -0.191. The van der Waals surface area contributed by atoms with Crippen LogP contribution in [0, 0.1) is 0 Å². The Morgan fingerprint density at radius 3 is 2.84 bits per heavy atom. The number of amides is 1. The molecule has 1 amide bonds. The molecule has 1 saturated heterocycles. The van der Waals surface area contributed by atoms with Crippen LogP contribution in [0.25, 0.3) is 10.8 Å². The van der Waals surface area contributed by atoms with Gasteiger partial charge in [-0.25, -0.2) is 4.98 Å². The highest BCUT2D eigenvalue weighted by molar-refractivity contribution is 6.05. The number of rotatable bonds is 5. The molecule has 1 aliphatic rings. The summed E-state index contributed by atoms with van der Waals surface area (Å²) >= 11 is 0. The first-order valence-corrected chi connectivity index (χ1v) is 11.0. The maximum absolute atomic E-state index is 13.6. The molecule has 5 rings (SSSR count). The Balaban J connectivity index is 1.42. The van der Waals surface area contributed by atoms with E-state index in [2.05, 4.69) is 9.97 Å². The van der Waals surface area contributed by atoms with Crippen molar-refractivity contribution >= 4 is 16.7 Å². The van der Waals surface area contributed by atoms with E-state index in [1.54, 1.807) is 19.5 Å². The minimum absolute atomic E-state index is 0.0732. The second kappa shape index (κ2) is 8.83. The molecule has 0 saturated carbocycles. The molecule has 1 aliphatic heterocycles. The Morgan fingerprint density at radius 1 is 1.09 bits per heavy atom. The number of fused-ring (bicyclic) bond motifs is 1. The van der Waals surface area contributed by atoms with Crippen LogP contribution < -0.4 is 4.74 Å². The zero-order valence-electron chi connectivity index (χ0n) is 18.0. The van der Waals surface area contributed by atoms with Crippen LogP contribution in [0.3, 0.4) is 0 Å². The van der Waals surface area contributed by atoms with Crippen molar-refractivity contribution in [1.29, 1.82) is 0 Å². The molecule has 0 radical (unpaired) electrons. The molecule has 3 heterocycles. The molecule has 32 heavy (non-hydrogen) atoms. The van der Waals surface area contributed by atoms with Gasteiger partial charge in [0.15, 0.2) is 0 Å². The second-order valence-electron chi connectivity index (χ2n) is 8.04. The SMILES string of the molecule is COc1ccccc1Cc1cnc(C2CCCCN2C(=O)c2nccc3ccccc23)o1. The first-order valence-electron chi connectivity index (χ1n) is 11.0. The first-order chi connectivity index (χ1) is 15.7. The van der Waals surface area contributed by atoms with Gasteiger partial charge in [0.1, 0.15) is 23.2 Å². The number of pyridine rings is 1. The smallest absolute Gasteiger partial charge is 0.273 e. The summed E-state index contributed by atoms with van der Waals surface area (Å²) in [7, 11) is 1.66. The number of carbonyl (C=O) groups excluding carboxylic acids is 1. The number of hydrogen-bond donors (Lipinski definition) is 0. The fraction of sp³-hybridized carbons (Fsp3) is 0.269. The summed E-state index contributed by atoms with van der Waals surface area (Å²) in [5.74, 6) is 2.09. The van der Waals surface area contributed by atoms with Crippen LogP contribution in [-0.4, -0.2) is 34.4 Å². The van der Waals surface area contributed by atoms with Gasteiger partial charge in [-0.05, 0) is 36.8 Å². The quantitative estimate of drug-likeness (QED) is 0.438. The third-order valence-corrected chi connectivity index (χ3v) is 6.05. The Bertz CT molecular complexity index is 1240. The molecule has 2 aromatic carbocycles. The third-order valence-electron chi connectivity index (χ3n) is 6.05. The Kier molecular flexibility index (Phi) is 5.58. The number of oxazole rings is 1. The molecular formula is C26H25N3O3. The van der Waals surface area contributed by atoms with E-state index in [0.717, 1.165) is 47.1 Å². The van der Waals surface area contributed by atoms with Crippen molar-refractivity contribution in [2.75, 3.05) is 13.7 Å². The van der Waals surface area contributed by atoms with Crippen LogP contribution >= 0.6 is 0 Å². The lowest BCUT2D eigenvalue weighted by Crippen LogP contribution is -2.39. The standard InChI is InChI=1S/C26H25N3O3/c1-31-23-12-5-3-9-19(23)16-20-17-28-25(32-20)22-11-6-7-15-29(22)26(30)24-21-10-4-2-8-18(21)13-14-27-24/h2-5,8-10,12-14,17,22H,6-7,11,15-16H2,1H3. The molecule has 0 aliphatic carbocycles. The van der Waals surface area contributed by atoms with Crippen LogP contribution in [0.4, 0.5) is 0 Å². The van der Waals surface area contributed by atoms with Crippen LogP contribution in [0.1, 0.15) is 53.0 Å². The van der Waals surface area contributed by atoms with Gasteiger partial charge in [0.05, 0.1) is 13.3 Å². The monoisotopic (exact) mass is 427 g/mol. The van der Waals surface area contributed by atoms with Crippen molar-refractivity contribution in [3.63, 3.8) is 0 Å². The number of benzene rings is 2. The van der Waals surface area contributed by atoms with E-state index in [-0.39, 0.29) is 11.9 Å². The Labute approximate surface area is 186 Å². The largest absolute Gasteiger partial charge is 0.496 e. The van der Waals surface area contributed by atoms with E-state index < -0.39 is 0 Å². The van der Waals surface area contributed by atoms with Crippen LogP contribution in [0.15, 0.2) is 71.4 Å². The van der Waals surface area contributed by atoms with E-state index in [1.165, 1.54) is 0 Å². The molecule has 0 N–H and O–H groups in total. The molecule has 162 valence electrons. The average Bonchev–Trinajstić information content (AvgIpc) is 3.32. The molecule has 6 heteroatoms. The lowest BCUT2D eigenvalue weighted by atomic mass is 10.0. The number of likely N-dealkylation sites (tertiary alicyclic amines) is 1. The lowest BCUT2D eigenvalue weighted by molar-refractivity contribution is 0.0566. The number of methoxy groups -OCH3 is 1. The summed E-state index contributed by atoms with van der Waals surface area (Å²) in [6, 6.07) is 17.5. The molecule has 2 aromatic heterocycles. The minimum Gasteiger partial charge on any atom is -0.496 e. The van der Waals surface area contributed by atoms with Crippen molar-refractivity contribution in [3.05, 3.63) is 89.9 Å². The molecule has 6 nitrogen and oxygen atoms in total.